The molecule has 2 heterocycles. The predicted octanol–water partition coefficient (Wildman–Crippen LogP) is 5.82. The highest BCUT2D eigenvalue weighted by atomic mass is 32.1. The van der Waals surface area contributed by atoms with Crippen molar-refractivity contribution in [2.45, 2.75) is 0 Å². The summed E-state index contributed by atoms with van der Waals surface area (Å²) in [6.07, 6.45) is 0. The summed E-state index contributed by atoms with van der Waals surface area (Å²) in [5.74, 6) is 1.00. The lowest BCUT2D eigenvalue weighted by molar-refractivity contribution is 0.485. The highest BCUT2D eigenvalue weighted by Crippen LogP contribution is 2.42. The summed E-state index contributed by atoms with van der Waals surface area (Å²) >= 11 is 1.55. The van der Waals surface area contributed by atoms with Crippen LogP contribution in [0.1, 0.15) is 0 Å². The van der Waals surface area contributed by atoms with Gasteiger partial charge in [0, 0.05) is 10.1 Å². The normalized spacial score (nSPS) is 11.4. The number of benzene rings is 3. The van der Waals surface area contributed by atoms with E-state index in [0.29, 0.717) is 11.6 Å². The Morgan fingerprint density at radius 2 is 1.64 bits per heavy atom. The van der Waals surface area contributed by atoms with Crippen LogP contribution in [0.5, 0.6) is 5.75 Å². The lowest BCUT2D eigenvalue weighted by atomic mass is 10.1. The van der Waals surface area contributed by atoms with Gasteiger partial charge in [-0.3, -0.25) is 0 Å². The third-order valence-corrected chi connectivity index (χ3v) is 5.54. The molecule has 0 unspecified atom stereocenters. The van der Waals surface area contributed by atoms with Crippen LogP contribution in [0.3, 0.4) is 0 Å². The van der Waals surface area contributed by atoms with E-state index in [0.717, 1.165) is 31.6 Å². The number of nitrogens with zero attached hydrogens (tertiary/aromatic N) is 1. The van der Waals surface area contributed by atoms with E-state index in [4.69, 9.17) is 0 Å². The van der Waals surface area contributed by atoms with Gasteiger partial charge in [0.2, 0.25) is 0 Å². The zero-order valence-corrected chi connectivity index (χ0v) is 14.0. The standard InChI is InChI=1S/C21H14N2OS/c24-19-15-8-4-5-9-18(15)25-20(19)21-22-16-11-10-14(12-17(16)23-21)13-6-2-1-3-7-13/h1-12,24H,(H,22,23). The lowest BCUT2D eigenvalue weighted by Gasteiger charge is -2.00. The Morgan fingerprint density at radius 3 is 2.48 bits per heavy atom. The largest absolute Gasteiger partial charge is 0.506 e. The maximum atomic E-state index is 10.6. The summed E-state index contributed by atoms with van der Waals surface area (Å²) in [5, 5.41) is 11.4. The van der Waals surface area contributed by atoms with Gasteiger partial charge in [-0.15, -0.1) is 11.3 Å². The molecule has 0 atom stereocenters. The molecule has 2 aromatic heterocycles. The van der Waals surface area contributed by atoms with Gasteiger partial charge < -0.3 is 10.1 Å². The summed E-state index contributed by atoms with van der Waals surface area (Å²) in [5.41, 5.74) is 4.17. The van der Waals surface area contributed by atoms with E-state index in [9.17, 15) is 5.11 Å². The fourth-order valence-electron chi connectivity index (χ4n) is 3.12. The molecule has 0 fully saturated rings. The van der Waals surface area contributed by atoms with Gasteiger partial charge >= 0.3 is 0 Å². The van der Waals surface area contributed by atoms with Crippen molar-refractivity contribution in [3.8, 4) is 27.6 Å². The van der Waals surface area contributed by atoms with Crippen LogP contribution in [0, 0.1) is 0 Å². The number of fused-ring (bicyclic) bond motifs is 2. The predicted molar refractivity (Wildman–Crippen MR) is 104 cm³/mol. The number of H-pyrrole nitrogens is 1. The summed E-state index contributed by atoms with van der Waals surface area (Å²) in [4.78, 5) is 8.81. The minimum absolute atomic E-state index is 0.294. The summed E-state index contributed by atoms with van der Waals surface area (Å²) in [6.45, 7) is 0. The lowest BCUT2D eigenvalue weighted by Crippen LogP contribution is -1.77. The molecule has 0 saturated heterocycles. The molecule has 0 aliphatic carbocycles. The third-order valence-electron chi connectivity index (χ3n) is 4.37. The minimum Gasteiger partial charge on any atom is -0.506 e. The molecule has 4 heteroatoms. The average Bonchev–Trinajstić information content (AvgIpc) is 3.23. The Bertz CT molecular complexity index is 1200. The molecule has 0 amide bonds. The number of rotatable bonds is 2. The number of nitrogens with one attached hydrogen (secondary N) is 1. The smallest absolute Gasteiger partial charge is 0.152 e. The molecule has 2 N–H and O–H groups in total. The van der Waals surface area contributed by atoms with Crippen molar-refractivity contribution >= 4 is 32.5 Å². The quantitative estimate of drug-likeness (QED) is 0.425. The van der Waals surface area contributed by atoms with Crippen LogP contribution in [-0.2, 0) is 0 Å². The zero-order valence-electron chi connectivity index (χ0n) is 13.2. The van der Waals surface area contributed by atoms with Gasteiger partial charge in [0.1, 0.15) is 10.6 Å². The molecular formula is C21H14N2OS. The van der Waals surface area contributed by atoms with E-state index in [2.05, 4.69) is 34.2 Å². The Labute approximate surface area is 148 Å². The Balaban J connectivity index is 1.66. The molecule has 3 aromatic carbocycles. The molecule has 0 aliphatic rings. The van der Waals surface area contributed by atoms with Crippen molar-refractivity contribution in [2.24, 2.45) is 0 Å². The fourth-order valence-corrected chi connectivity index (χ4v) is 4.16. The van der Waals surface area contributed by atoms with Crippen LogP contribution >= 0.6 is 11.3 Å². The van der Waals surface area contributed by atoms with Crippen molar-refractivity contribution < 1.29 is 5.11 Å². The SMILES string of the molecule is Oc1c(-c2nc3ccc(-c4ccccc4)cc3[nH]2)sc2ccccc12. The first-order valence-corrected chi connectivity index (χ1v) is 8.87. The highest BCUT2D eigenvalue weighted by molar-refractivity contribution is 7.22. The molecule has 0 saturated carbocycles. The first-order valence-electron chi connectivity index (χ1n) is 8.06. The number of aromatic nitrogens is 2. The van der Waals surface area contributed by atoms with Crippen molar-refractivity contribution in [1.82, 2.24) is 9.97 Å². The van der Waals surface area contributed by atoms with Crippen LogP contribution < -0.4 is 0 Å². The maximum Gasteiger partial charge on any atom is 0.152 e. The number of imidazole rings is 1. The second-order valence-corrected chi connectivity index (χ2v) is 7.01. The van der Waals surface area contributed by atoms with E-state index in [1.807, 2.05) is 48.5 Å². The first-order chi connectivity index (χ1) is 12.3. The monoisotopic (exact) mass is 342 g/mol. The van der Waals surface area contributed by atoms with Crippen molar-refractivity contribution in [2.75, 3.05) is 0 Å². The molecular weight excluding hydrogens is 328 g/mol. The molecule has 120 valence electrons. The zero-order chi connectivity index (χ0) is 16.8. The van der Waals surface area contributed by atoms with Gasteiger partial charge in [-0.25, -0.2) is 4.98 Å². The number of thiophene rings is 1. The molecule has 25 heavy (non-hydrogen) atoms. The minimum atomic E-state index is 0.294. The van der Waals surface area contributed by atoms with Crippen LogP contribution in [-0.4, -0.2) is 15.1 Å². The van der Waals surface area contributed by atoms with Crippen LogP contribution in [0.2, 0.25) is 0 Å². The second kappa shape index (κ2) is 5.46. The average molecular weight is 342 g/mol. The number of aromatic hydroxyl groups is 1. The van der Waals surface area contributed by atoms with E-state index < -0.39 is 0 Å². The molecule has 0 spiro atoms. The van der Waals surface area contributed by atoms with E-state index >= 15 is 0 Å². The molecule has 5 rings (SSSR count). The molecule has 0 radical (unpaired) electrons. The molecule has 5 aromatic rings. The van der Waals surface area contributed by atoms with E-state index in [1.54, 1.807) is 11.3 Å². The van der Waals surface area contributed by atoms with Gasteiger partial charge in [-0.1, -0.05) is 48.5 Å². The number of aromatic amines is 1. The van der Waals surface area contributed by atoms with Crippen molar-refractivity contribution in [1.29, 1.82) is 0 Å². The number of hydrogen-bond acceptors (Lipinski definition) is 3. The Hall–Kier alpha value is -3.11. The highest BCUT2D eigenvalue weighted by Gasteiger charge is 2.16. The van der Waals surface area contributed by atoms with Crippen LogP contribution in [0.25, 0.3) is 42.9 Å². The van der Waals surface area contributed by atoms with E-state index in [1.165, 1.54) is 5.56 Å². The van der Waals surface area contributed by atoms with E-state index in [-0.39, 0.29) is 0 Å². The van der Waals surface area contributed by atoms with Crippen molar-refractivity contribution in [3.63, 3.8) is 0 Å². The second-order valence-electron chi connectivity index (χ2n) is 5.96. The summed E-state index contributed by atoms with van der Waals surface area (Å²) in [6, 6.07) is 24.3. The first kappa shape index (κ1) is 14.3. The molecule has 0 aliphatic heterocycles. The molecule has 0 bridgehead atoms. The van der Waals surface area contributed by atoms with Crippen LogP contribution in [0.15, 0.2) is 72.8 Å². The topological polar surface area (TPSA) is 48.9 Å². The maximum absolute atomic E-state index is 10.6. The van der Waals surface area contributed by atoms with Gasteiger partial charge in [-0.2, -0.15) is 0 Å². The van der Waals surface area contributed by atoms with Gasteiger partial charge in [0.05, 0.1) is 11.0 Å². The van der Waals surface area contributed by atoms with Gasteiger partial charge in [-0.05, 0) is 35.4 Å². The Morgan fingerprint density at radius 1 is 0.840 bits per heavy atom. The number of hydrogen-bond donors (Lipinski definition) is 2. The molecule has 3 nitrogen and oxygen atoms in total. The fraction of sp³-hybridized carbons (Fsp3) is 0. The third kappa shape index (κ3) is 2.30. The summed E-state index contributed by atoms with van der Waals surface area (Å²) < 4.78 is 1.06. The summed E-state index contributed by atoms with van der Waals surface area (Å²) in [7, 11) is 0. The Kier molecular flexibility index (Phi) is 3.11. The van der Waals surface area contributed by atoms with Crippen LogP contribution in [0.4, 0.5) is 0 Å². The van der Waals surface area contributed by atoms with Crippen molar-refractivity contribution in [3.05, 3.63) is 72.8 Å². The van der Waals surface area contributed by atoms with Gasteiger partial charge in [0.15, 0.2) is 5.82 Å². The van der Waals surface area contributed by atoms with Gasteiger partial charge in [0.25, 0.3) is 0 Å².